The van der Waals surface area contributed by atoms with E-state index in [0.29, 0.717) is 12.6 Å². The number of carbonyl (C=O) groups excluding carboxylic acids is 1. The molecule has 1 aromatic heterocycles. The van der Waals surface area contributed by atoms with Crippen molar-refractivity contribution in [1.82, 2.24) is 10.3 Å². The minimum atomic E-state index is -4.50. The molecular weight excluding hydrogens is 453 g/mol. The van der Waals surface area contributed by atoms with Crippen LogP contribution in [-0.2, 0) is 11.0 Å². The summed E-state index contributed by atoms with van der Waals surface area (Å²) < 4.78 is 44.0. The molecule has 0 radical (unpaired) electrons. The molecule has 0 spiro atoms. The topological polar surface area (TPSA) is 51.2 Å². The molecule has 0 aliphatic carbocycles. The lowest BCUT2D eigenvalue weighted by Gasteiger charge is -2.31. The molecule has 0 aromatic carbocycles. The minimum absolute atomic E-state index is 0.0761. The molecule has 0 saturated heterocycles. The first-order chi connectivity index (χ1) is 16.4. The van der Waals surface area contributed by atoms with E-state index in [1.165, 1.54) is 0 Å². The highest BCUT2D eigenvalue weighted by molar-refractivity contribution is 5.85. The fourth-order valence-corrected chi connectivity index (χ4v) is 3.42. The van der Waals surface area contributed by atoms with Gasteiger partial charge in [0.2, 0.25) is 5.88 Å². The Kier molecular flexibility index (Phi) is 11.5. The molecule has 0 aliphatic rings. The van der Waals surface area contributed by atoms with Gasteiger partial charge in [0, 0.05) is 24.2 Å². The van der Waals surface area contributed by atoms with Crippen LogP contribution in [0, 0.1) is 5.92 Å². The van der Waals surface area contributed by atoms with Crippen LogP contribution in [0.5, 0.6) is 5.88 Å². The number of allylic oxidation sites excluding steroid dienone is 9. The van der Waals surface area contributed by atoms with E-state index in [1.807, 2.05) is 57.2 Å². The number of alkyl halides is 3. The molecule has 1 amide bonds. The van der Waals surface area contributed by atoms with Gasteiger partial charge in [-0.05, 0) is 58.3 Å². The van der Waals surface area contributed by atoms with Gasteiger partial charge < -0.3 is 10.1 Å². The number of pyridine rings is 1. The predicted molar refractivity (Wildman–Crippen MR) is 136 cm³/mol. The van der Waals surface area contributed by atoms with Crippen LogP contribution in [-0.4, -0.2) is 22.5 Å². The Balaban J connectivity index is 3.15. The Hall–Kier alpha value is -3.35. The average Bonchev–Trinajstić information content (AvgIpc) is 2.77. The first-order valence-electron chi connectivity index (χ1n) is 11.3. The van der Waals surface area contributed by atoms with Crippen LogP contribution < -0.4 is 10.1 Å². The summed E-state index contributed by atoms with van der Waals surface area (Å²) in [6.07, 6.45) is 11.9. The van der Waals surface area contributed by atoms with Crippen LogP contribution >= 0.6 is 0 Å². The molecule has 1 aromatic rings. The van der Waals surface area contributed by atoms with E-state index >= 15 is 0 Å². The van der Waals surface area contributed by atoms with Crippen LogP contribution in [0.1, 0.15) is 46.6 Å². The Labute approximate surface area is 206 Å². The second kappa shape index (κ2) is 13.5. The fourth-order valence-electron chi connectivity index (χ4n) is 3.42. The number of halogens is 3. The molecule has 0 aliphatic heterocycles. The normalized spacial score (nSPS) is 15.2. The highest BCUT2D eigenvalue weighted by atomic mass is 19.4. The summed E-state index contributed by atoms with van der Waals surface area (Å²) in [6, 6.07) is 1.66. The summed E-state index contributed by atoms with van der Waals surface area (Å²) in [5, 5.41) is 3.01. The van der Waals surface area contributed by atoms with Crippen LogP contribution in [0.25, 0.3) is 0 Å². The number of hydrogen-bond acceptors (Lipinski definition) is 3. The molecule has 1 heterocycles. The summed E-state index contributed by atoms with van der Waals surface area (Å²) in [7, 11) is 0. The van der Waals surface area contributed by atoms with Gasteiger partial charge in [-0.25, -0.2) is 4.98 Å². The Morgan fingerprint density at radius 3 is 2.23 bits per heavy atom. The largest absolute Gasteiger partial charge is 0.462 e. The lowest BCUT2D eigenvalue weighted by molar-refractivity contribution is -0.138. The number of rotatable bonds is 12. The predicted octanol–water partition coefficient (Wildman–Crippen LogP) is 7.15. The van der Waals surface area contributed by atoms with Crippen molar-refractivity contribution < 1.29 is 22.7 Å². The highest BCUT2D eigenvalue weighted by Gasteiger charge is 2.34. The number of amides is 1. The molecule has 35 heavy (non-hydrogen) atoms. The molecule has 1 N–H and O–H groups in total. The number of nitrogens with zero attached hydrogens (tertiary/aromatic N) is 1. The summed E-state index contributed by atoms with van der Waals surface area (Å²) in [6.45, 7) is 16.4. The smallest absolute Gasteiger partial charge is 0.417 e. The molecule has 7 heteroatoms. The molecule has 190 valence electrons. The van der Waals surface area contributed by atoms with Crippen molar-refractivity contribution in [2.75, 3.05) is 0 Å². The Bertz CT molecular complexity index is 984. The zero-order valence-corrected chi connectivity index (χ0v) is 21.0. The van der Waals surface area contributed by atoms with E-state index < -0.39 is 23.2 Å². The lowest BCUT2D eigenvalue weighted by atomic mass is 9.84. The number of hydrogen-bond donors (Lipinski definition) is 1. The van der Waals surface area contributed by atoms with E-state index in [1.54, 1.807) is 26.0 Å². The van der Waals surface area contributed by atoms with Crippen molar-refractivity contribution in [3.05, 3.63) is 96.8 Å². The molecule has 0 saturated carbocycles. The van der Waals surface area contributed by atoms with E-state index in [-0.39, 0.29) is 17.8 Å². The van der Waals surface area contributed by atoms with Gasteiger partial charge in [0.15, 0.2) is 5.60 Å². The summed E-state index contributed by atoms with van der Waals surface area (Å²) in [5.74, 6) is -0.598. The van der Waals surface area contributed by atoms with Crippen molar-refractivity contribution >= 4 is 5.91 Å². The molecule has 1 rings (SSSR count). The van der Waals surface area contributed by atoms with Crippen molar-refractivity contribution in [2.45, 2.75) is 58.9 Å². The zero-order valence-electron chi connectivity index (χ0n) is 21.0. The molecule has 2 atom stereocenters. The third-order valence-corrected chi connectivity index (χ3v) is 5.20. The molecule has 0 fully saturated rings. The maximum atomic E-state index is 13.1. The Morgan fingerprint density at radius 2 is 1.74 bits per heavy atom. The molecule has 2 unspecified atom stereocenters. The number of ether oxygens (including phenoxy) is 1. The van der Waals surface area contributed by atoms with Crippen molar-refractivity contribution in [3.8, 4) is 5.88 Å². The summed E-state index contributed by atoms with van der Waals surface area (Å²) in [4.78, 5) is 16.8. The molecule has 4 nitrogen and oxygen atoms in total. The van der Waals surface area contributed by atoms with Gasteiger partial charge in [0.05, 0.1) is 5.56 Å². The van der Waals surface area contributed by atoms with Crippen molar-refractivity contribution in [3.63, 3.8) is 0 Å². The van der Waals surface area contributed by atoms with E-state index in [9.17, 15) is 18.0 Å². The van der Waals surface area contributed by atoms with Crippen LogP contribution in [0.2, 0.25) is 0 Å². The fraction of sp³-hybridized carbons (Fsp3) is 0.357. The first kappa shape index (κ1) is 29.7. The summed E-state index contributed by atoms with van der Waals surface area (Å²) >= 11 is 0. The van der Waals surface area contributed by atoms with Gasteiger partial charge in [-0.1, -0.05) is 61.8 Å². The highest BCUT2D eigenvalue weighted by Crippen LogP contribution is 2.30. The number of nitrogens with one attached hydrogen (secondary N) is 1. The third kappa shape index (κ3) is 9.43. The quantitative estimate of drug-likeness (QED) is 0.318. The van der Waals surface area contributed by atoms with Gasteiger partial charge >= 0.3 is 6.18 Å². The van der Waals surface area contributed by atoms with Crippen molar-refractivity contribution in [2.24, 2.45) is 5.92 Å². The van der Waals surface area contributed by atoms with Crippen molar-refractivity contribution in [1.29, 1.82) is 0 Å². The summed E-state index contributed by atoms with van der Waals surface area (Å²) in [5.41, 5.74) is -0.244. The van der Waals surface area contributed by atoms with Gasteiger partial charge in [-0.15, -0.1) is 0 Å². The number of aromatic nitrogens is 1. The van der Waals surface area contributed by atoms with Gasteiger partial charge in [0.1, 0.15) is 0 Å². The zero-order chi connectivity index (χ0) is 26.6. The van der Waals surface area contributed by atoms with E-state index in [4.69, 9.17) is 4.74 Å². The second-order valence-corrected chi connectivity index (χ2v) is 8.45. The maximum absolute atomic E-state index is 13.1. The maximum Gasteiger partial charge on any atom is 0.417 e. The number of carbonyl (C=O) groups is 1. The van der Waals surface area contributed by atoms with Gasteiger partial charge in [-0.2, -0.15) is 13.2 Å². The minimum Gasteiger partial charge on any atom is -0.462 e. The van der Waals surface area contributed by atoms with Gasteiger partial charge in [0.25, 0.3) is 5.91 Å². The van der Waals surface area contributed by atoms with Crippen LogP contribution in [0.3, 0.4) is 0 Å². The second-order valence-electron chi connectivity index (χ2n) is 8.45. The molecule has 0 bridgehead atoms. The van der Waals surface area contributed by atoms with E-state index in [0.717, 1.165) is 23.3 Å². The SMILES string of the molecule is C=C/C=C(\C=C/C)CC(C(/C=C\C)=C/C=C)C(C)NC(=O)C(C)(C)Oc1ccc(C(F)(F)F)cn1. The van der Waals surface area contributed by atoms with Crippen LogP contribution in [0.4, 0.5) is 13.2 Å². The van der Waals surface area contributed by atoms with Gasteiger partial charge in [-0.3, -0.25) is 4.79 Å². The lowest BCUT2D eigenvalue weighted by Crippen LogP contribution is -2.51. The van der Waals surface area contributed by atoms with E-state index in [2.05, 4.69) is 23.5 Å². The third-order valence-electron chi connectivity index (χ3n) is 5.20. The Morgan fingerprint density at radius 1 is 1.11 bits per heavy atom. The first-order valence-corrected chi connectivity index (χ1v) is 11.3. The van der Waals surface area contributed by atoms with Crippen LogP contribution in [0.15, 0.2) is 91.2 Å². The monoisotopic (exact) mass is 488 g/mol. The standard InChI is InChI=1S/C28H35F3N2O2/c1-8-12-21(13-9-2)18-24(22(14-10-3)15-11-4)20(5)33-26(34)27(6,7)35-25-17-16-23(19-32-25)28(29,30)31/h8-17,19-20,24H,1,3,18H2,2,4-7H3,(H,33,34)/b13-9-,15-11-,21-12+,22-14+. The molecular formula is C28H35F3N2O2. The average molecular weight is 489 g/mol.